The topological polar surface area (TPSA) is 67.4 Å². The summed E-state index contributed by atoms with van der Waals surface area (Å²) < 4.78 is 32.7. The Balaban J connectivity index is 2.03. The Hall–Kier alpha value is -0.470. The molecule has 1 fully saturated rings. The lowest BCUT2D eigenvalue weighted by atomic mass is 10.1. The van der Waals surface area contributed by atoms with E-state index in [0.29, 0.717) is 11.4 Å². The molecule has 2 heterocycles. The van der Waals surface area contributed by atoms with Crippen LogP contribution in [0.25, 0.3) is 0 Å². The Labute approximate surface area is 118 Å². The van der Waals surface area contributed by atoms with Crippen molar-refractivity contribution in [2.75, 3.05) is 13.7 Å². The van der Waals surface area contributed by atoms with Crippen LogP contribution in [0, 0.1) is 0 Å². The van der Waals surface area contributed by atoms with Crippen molar-refractivity contribution in [2.45, 2.75) is 43.4 Å². The van der Waals surface area contributed by atoms with E-state index in [9.17, 15) is 8.42 Å². The van der Waals surface area contributed by atoms with Gasteiger partial charge in [-0.25, -0.2) is 13.1 Å². The Kier molecular flexibility index (Phi) is 4.97. The molecule has 0 aliphatic carbocycles. The van der Waals surface area contributed by atoms with Crippen LogP contribution in [0.1, 0.15) is 24.6 Å². The van der Waals surface area contributed by atoms with Crippen LogP contribution < -0.4 is 10.0 Å². The summed E-state index contributed by atoms with van der Waals surface area (Å²) in [5.41, 5.74) is 0. The van der Waals surface area contributed by atoms with E-state index in [0.717, 1.165) is 24.3 Å². The summed E-state index contributed by atoms with van der Waals surface area (Å²) >= 11 is 1.45. The lowest BCUT2D eigenvalue weighted by Crippen LogP contribution is -2.40. The zero-order chi connectivity index (χ0) is 13.9. The van der Waals surface area contributed by atoms with Crippen LogP contribution in [-0.4, -0.2) is 34.2 Å². The van der Waals surface area contributed by atoms with Crippen molar-refractivity contribution in [3.63, 3.8) is 0 Å². The van der Waals surface area contributed by atoms with Gasteiger partial charge in [0.25, 0.3) is 0 Å². The van der Waals surface area contributed by atoms with Crippen molar-refractivity contribution in [1.29, 1.82) is 0 Å². The van der Waals surface area contributed by atoms with E-state index in [4.69, 9.17) is 4.74 Å². The summed E-state index contributed by atoms with van der Waals surface area (Å²) in [6, 6.07) is 1.52. The zero-order valence-corrected chi connectivity index (χ0v) is 12.8. The van der Waals surface area contributed by atoms with Gasteiger partial charge in [-0.15, -0.1) is 11.3 Å². The molecular weight excluding hydrogens is 284 g/mol. The lowest BCUT2D eigenvalue weighted by Gasteiger charge is -2.19. The standard InChI is InChI=1S/C12H20N2O3S2/c1-9(12-4-3-5-17-12)14-19(15,16)11-6-10(7-13-2)18-8-11/h6,8-9,12-14H,3-5,7H2,1-2H3. The third-order valence-corrected chi connectivity index (χ3v) is 5.78. The average molecular weight is 304 g/mol. The minimum atomic E-state index is -3.44. The molecule has 2 N–H and O–H groups in total. The number of sulfonamides is 1. The first-order chi connectivity index (χ1) is 9.03. The van der Waals surface area contributed by atoms with Gasteiger partial charge in [0.05, 0.1) is 11.0 Å². The number of hydrogen-bond acceptors (Lipinski definition) is 5. The van der Waals surface area contributed by atoms with Gasteiger partial charge < -0.3 is 10.1 Å². The predicted molar refractivity (Wildman–Crippen MR) is 75.8 cm³/mol. The summed E-state index contributed by atoms with van der Waals surface area (Å²) in [4.78, 5) is 1.35. The van der Waals surface area contributed by atoms with Gasteiger partial charge in [-0.1, -0.05) is 0 Å². The van der Waals surface area contributed by atoms with E-state index in [-0.39, 0.29) is 12.1 Å². The monoisotopic (exact) mass is 304 g/mol. The molecule has 1 aromatic heterocycles. The fourth-order valence-corrected chi connectivity index (χ4v) is 4.71. The maximum Gasteiger partial charge on any atom is 0.241 e. The second-order valence-corrected chi connectivity index (χ2v) is 7.45. The number of ether oxygens (including phenoxy) is 1. The van der Waals surface area contributed by atoms with E-state index in [2.05, 4.69) is 10.0 Å². The van der Waals surface area contributed by atoms with E-state index in [1.807, 2.05) is 14.0 Å². The summed E-state index contributed by atoms with van der Waals surface area (Å²) in [6.45, 7) is 3.26. The highest BCUT2D eigenvalue weighted by atomic mass is 32.2. The van der Waals surface area contributed by atoms with Crippen LogP contribution in [-0.2, 0) is 21.3 Å². The molecule has 0 bridgehead atoms. The van der Waals surface area contributed by atoms with E-state index in [1.165, 1.54) is 11.3 Å². The first kappa shape index (κ1) is 14.9. The third kappa shape index (κ3) is 3.76. The molecule has 0 spiro atoms. The summed E-state index contributed by atoms with van der Waals surface area (Å²) in [5, 5.41) is 4.69. The second-order valence-electron chi connectivity index (χ2n) is 4.74. The minimum Gasteiger partial charge on any atom is -0.377 e. The van der Waals surface area contributed by atoms with Crippen molar-refractivity contribution in [3.05, 3.63) is 16.3 Å². The number of thiophene rings is 1. The second kappa shape index (κ2) is 6.32. The molecule has 0 radical (unpaired) electrons. The first-order valence-electron chi connectivity index (χ1n) is 6.39. The highest BCUT2D eigenvalue weighted by Crippen LogP contribution is 2.21. The molecule has 2 unspecified atom stereocenters. The van der Waals surface area contributed by atoms with Crippen LogP contribution >= 0.6 is 11.3 Å². The van der Waals surface area contributed by atoms with E-state index < -0.39 is 10.0 Å². The predicted octanol–water partition coefficient (Wildman–Crippen LogP) is 1.31. The van der Waals surface area contributed by atoms with Crippen LogP contribution in [0.2, 0.25) is 0 Å². The van der Waals surface area contributed by atoms with Crippen molar-refractivity contribution in [2.24, 2.45) is 0 Å². The molecule has 0 aromatic carbocycles. The molecule has 0 amide bonds. The average Bonchev–Trinajstić information content (AvgIpc) is 2.99. The Morgan fingerprint density at radius 3 is 3.00 bits per heavy atom. The highest BCUT2D eigenvalue weighted by molar-refractivity contribution is 7.89. The quantitative estimate of drug-likeness (QED) is 0.831. The third-order valence-electron chi connectivity index (χ3n) is 3.15. The summed E-state index contributed by atoms with van der Waals surface area (Å²) in [7, 11) is -1.60. The maximum atomic E-state index is 12.2. The Morgan fingerprint density at radius 2 is 2.37 bits per heavy atom. The molecular formula is C12H20N2O3S2. The van der Waals surface area contributed by atoms with Gasteiger partial charge in [0.1, 0.15) is 0 Å². The highest BCUT2D eigenvalue weighted by Gasteiger charge is 2.27. The van der Waals surface area contributed by atoms with Gasteiger partial charge in [0.2, 0.25) is 10.0 Å². The fourth-order valence-electron chi connectivity index (χ4n) is 2.15. The van der Waals surface area contributed by atoms with Crippen LogP contribution in [0.5, 0.6) is 0 Å². The Bertz CT molecular complexity index is 507. The molecule has 108 valence electrons. The molecule has 0 saturated carbocycles. The SMILES string of the molecule is CNCc1cc(S(=O)(=O)NC(C)C2CCCO2)cs1. The zero-order valence-electron chi connectivity index (χ0n) is 11.2. The number of rotatable bonds is 6. The van der Waals surface area contributed by atoms with E-state index in [1.54, 1.807) is 11.4 Å². The molecule has 5 nitrogen and oxygen atoms in total. The van der Waals surface area contributed by atoms with Gasteiger partial charge in [-0.05, 0) is 32.9 Å². The minimum absolute atomic E-state index is 0.00908. The van der Waals surface area contributed by atoms with Crippen molar-refractivity contribution >= 4 is 21.4 Å². The number of nitrogens with one attached hydrogen (secondary N) is 2. The van der Waals surface area contributed by atoms with Gasteiger partial charge in [0, 0.05) is 29.5 Å². The van der Waals surface area contributed by atoms with Crippen molar-refractivity contribution in [1.82, 2.24) is 10.0 Å². The van der Waals surface area contributed by atoms with Crippen molar-refractivity contribution in [3.8, 4) is 0 Å². The molecule has 1 aliphatic rings. The molecule has 1 aliphatic heterocycles. The van der Waals surface area contributed by atoms with Gasteiger partial charge in [0.15, 0.2) is 0 Å². The first-order valence-corrected chi connectivity index (χ1v) is 8.75. The van der Waals surface area contributed by atoms with Crippen molar-refractivity contribution < 1.29 is 13.2 Å². The molecule has 1 saturated heterocycles. The molecule has 1 aromatic rings. The van der Waals surface area contributed by atoms with Crippen LogP contribution in [0.3, 0.4) is 0 Å². The van der Waals surface area contributed by atoms with Gasteiger partial charge in [-0.3, -0.25) is 0 Å². The Morgan fingerprint density at radius 1 is 1.58 bits per heavy atom. The summed E-state index contributed by atoms with van der Waals surface area (Å²) in [5.74, 6) is 0. The lowest BCUT2D eigenvalue weighted by molar-refractivity contribution is 0.0902. The normalized spacial score (nSPS) is 21.7. The molecule has 19 heavy (non-hydrogen) atoms. The molecule has 2 rings (SSSR count). The van der Waals surface area contributed by atoms with E-state index >= 15 is 0 Å². The van der Waals surface area contributed by atoms with Crippen LogP contribution in [0.15, 0.2) is 16.3 Å². The summed E-state index contributed by atoms with van der Waals surface area (Å²) in [6.07, 6.45) is 1.91. The smallest absolute Gasteiger partial charge is 0.241 e. The van der Waals surface area contributed by atoms with Gasteiger partial charge in [-0.2, -0.15) is 0 Å². The fraction of sp³-hybridized carbons (Fsp3) is 0.667. The van der Waals surface area contributed by atoms with Crippen LogP contribution in [0.4, 0.5) is 0 Å². The maximum absolute atomic E-state index is 12.2. The molecule has 2 atom stereocenters. The largest absolute Gasteiger partial charge is 0.377 e. The number of hydrogen-bond donors (Lipinski definition) is 2. The van der Waals surface area contributed by atoms with Gasteiger partial charge >= 0.3 is 0 Å². The molecule has 7 heteroatoms.